The molecule has 0 radical (unpaired) electrons. The van der Waals surface area contributed by atoms with Crippen LogP contribution >= 0.6 is 0 Å². The molecule has 2 atom stereocenters. The van der Waals surface area contributed by atoms with E-state index in [-0.39, 0.29) is 39.9 Å². The van der Waals surface area contributed by atoms with Crippen LogP contribution in [0.15, 0.2) is 6.07 Å². The van der Waals surface area contributed by atoms with Crippen molar-refractivity contribution in [1.82, 2.24) is 0 Å². The molecule has 0 aliphatic heterocycles. The number of hydrogen-bond acceptors (Lipinski definition) is 3. The smallest absolute Gasteiger partial charge is 0.163 e. The Kier molecular flexibility index (Phi) is 3.55. The van der Waals surface area contributed by atoms with Crippen LogP contribution < -0.4 is 0 Å². The van der Waals surface area contributed by atoms with Gasteiger partial charge in [-0.15, -0.1) is 0 Å². The summed E-state index contributed by atoms with van der Waals surface area (Å²) < 4.78 is 0. The third-order valence-electron chi connectivity index (χ3n) is 6.42. The van der Waals surface area contributed by atoms with Crippen molar-refractivity contribution in [3.63, 3.8) is 0 Å². The summed E-state index contributed by atoms with van der Waals surface area (Å²) in [6.45, 7) is 10.5. The number of carbonyl (C=O) groups is 1. The fourth-order valence-corrected chi connectivity index (χ4v) is 5.14. The van der Waals surface area contributed by atoms with Gasteiger partial charge in [0.1, 0.15) is 0 Å². The van der Waals surface area contributed by atoms with Crippen LogP contribution in [0.1, 0.15) is 87.7 Å². The SMILES string of the molecule is CC(C)c1cc2c(c(O)c1O)[C@@]1(C)CCCC(C)(C)[C@H]1CC2=O. The zero-order valence-electron chi connectivity index (χ0n) is 14.9. The normalized spacial score (nSPS) is 29.3. The van der Waals surface area contributed by atoms with Gasteiger partial charge in [-0.1, -0.05) is 41.0 Å². The minimum atomic E-state index is -0.248. The molecular weight excluding hydrogens is 288 g/mol. The molecule has 0 spiro atoms. The zero-order valence-corrected chi connectivity index (χ0v) is 14.9. The summed E-state index contributed by atoms with van der Waals surface area (Å²) in [5.74, 6) is 0.266. The highest BCUT2D eigenvalue weighted by atomic mass is 16.3. The van der Waals surface area contributed by atoms with Gasteiger partial charge < -0.3 is 10.2 Å². The van der Waals surface area contributed by atoms with Crippen molar-refractivity contribution in [1.29, 1.82) is 0 Å². The molecule has 1 aromatic rings. The number of ketones is 1. The molecule has 0 amide bonds. The number of Topliss-reactive ketones (excluding diaryl/α,β-unsaturated/α-hetero) is 1. The molecule has 1 saturated carbocycles. The van der Waals surface area contributed by atoms with Crippen LogP contribution in [0.4, 0.5) is 0 Å². The fourth-order valence-electron chi connectivity index (χ4n) is 5.14. The van der Waals surface area contributed by atoms with Crippen molar-refractivity contribution < 1.29 is 15.0 Å². The average molecular weight is 316 g/mol. The van der Waals surface area contributed by atoms with Gasteiger partial charge in [-0.3, -0.25) is 4.79 Å². The van der Waals surface area contributed by atoms with Gasteiger partial charge >= 0.3 is 0 Å². The number of benzene rings is 1. The summed E-state index contributed by atoms with van der Waals surface area (Å²) in [5, 5.41) is 21.2. The Morgan fingerprint density at radius 3 is 2.39 bits per heavy atom. The third-order valence-corrected chi connectivity index (χ3v) is 6.42. The van der Waals surface area contributed by atoms with Crippen LogP contribution in [0.2, 0.25) is 0 Å². The zero-order chi connectivity index (χ0) is 17.2. The van der Waals surface area contributed by atoms with Crippen LogP contribution in [-0.2, 0) is 5.41 Å². The highest BCUT2D eigenvalue weighted by Crippen LogP contribution is 2.60. The van der Waals surface area contributed by atoms with E-state index in [1.54, 1.807) is 0 Å². The first-order valence-corrected chi connectivity index (χ1v) is 8.72. The number of aromatic hydroxyl groups is 2. The Morgan fingerprint density at radius 2 is 1.78 bits per heavy atom. The summed E-state index contributed by atoms with van der Waals surface area (Å²) in [6.07, 6.45) is 3.68. The lowest BCUT2D eigenvalue weighted by Gasteiger charge is -2.53. The lowest BCUT2D eigenvalue weighted by atomic mass is 9.50. The second kappa shape index (κ2) is 4.99. The molecule has 0 bridgehead atoms. The van der Waals surface area contributed by atoms with Crippen LogP contribution in [0.5, 0.6) is 11.5 Å². The Bertz CT molecular complexity index is 672. The number of phenolic OH excluding ortho intramolecular Hbond substituents is 2. The maximum atomic E-state index is 12.8. The predicted octanol–water partition coefficient (Wildman–Crippen LogP) is 4.89. The van der Waals surface area contributed by atoms with E-state index < -0.39 is 0 Å². The van der Waals surface area contributed by atoms with E-state index in [4.69, 9.17) is 0 Å². The molecule has 23 heavy (non-hydrogen) atoms. The number of carbonyl (C=O) groups excluding carboxylic acids is 1. The maximum absolute atomic E-state index is 12.8. The number of fused-ring (bicyclic) bond motifs is 3. The monoisotopic (exact) mass is 316 g/mol. The van der Waals surface area contributed by atoms with Crippen molar-refractivity contribution in [3.05, 3.63) is 22.8 Å². The van der Waals surface area contributed by atoms with Crippen LogP contribution in [0.25, 0.3) is 0 Å². The van der Waals surface area contributed by atoms with Gasteiger partial charge in [0.25, 0.3) is 0 Å². The average Bonchev–Trinajstić information content (AvgIpc) is 2.43. The Labute approximate surface area is 138 Å². The fraction of sp³-hybridized carbons (Fsp3) is 0.650. The third kappa shape index (κ3) is 2.20. The van der Waals surface area contributed by atoms with Gasteiger partial charge in [-0.2, -0.15) is 0 Å². The molecule has 3 nitrogen and oxygen atoms in total. The van der Waals surface area contributed by atoms with Crippen molar-refractivity contribution >= 4 is 5.78 Å². The van der Waals surface area contributed by atoms with Crippen molar-refractivity contribution in [2.24, 2.45) is 11.3 Å². The van der Waals surface area contributed by atoms with E-state index in [9.17, 15) is 15.0 Å². The minimum Gasteiger partial charge on any atom is -0.504 e. The summed E-state index contributed by atoms with van der Waals surface area (Å²) >= 11 is 0. The maximum Gasteiger partial charge on any atom is 0.163 e. The second-order valence-electron chi connectivity index (χ2n) is 8.68. The highest BCUT2D eigenvalue weighted by Gasteiger charge is 2.53. The van der Waals surface area contributed by atoms with E-state index in [1.165, 1.54) is 0 Å². The van der Waals surface area contributed by atoms with Crippen molar-refractivity contribution in [2.45, 2.75) is 71.6 Å². The first-order valence-electron chi connectivity index (χ1n) is 8.72. The largest absolute Gasteiger partial charge is 0.504 e. The molecule has 2 aliphatic rings. The summed E-state index contributed by atoms with van der Waals surface area (Å²) in [4.78, 5) is 12.8. The molecule has 126 valence electrons. The molecule has 1 fully saturated rings. The molecule has 2 N–H and O–H groups in total. The Hall–Kier alpha value is -1.51. The van der Waals surface area contributed by atoms with Gasteiger partial charge in [0.15, 0.2) is 17.3 Å². The van der Waals surface area contributed by atoms with Gasteiger partial charge in [0.05, 0.1) is 0 Å². The molecule has 1 aromatic carbocycles. The van der Waals surface area contributed by atoms with E-state index in [0.29, 0.717) is 23.1 Å². The minimum absolute atomic E-state index is 0.0446. The first kappa shape index (κ1) is 16.4. The summed E-state index contributed by atoms with van der Waals surface area (Å²) in [6, 6.07) is 1.82. The molecule has 3 rings (SSSR count). The molecule has 3 heteroatoms. The number of hydrogen-bond donors (Lipinski definition) is 2. The van der Waals surface area contributed by atoms with E-state index >= 15 is 0 Å². The lowest BCUT2D eigenvalue weighted by molar-refractivity contribution is 0.0354. The molecule has 0 saturated heterocycles. The molecule has 2 aliphatic carbocycles. The standard InChI is InChI=1S/C20H28O3/c1-11(2)12-9-13-14(21)10-15-19(3,4)7-6-8-20(15,5)16(13)18(23)17(12)22/h9,11,15,22-23H,6-8,10H2,1-5H3/t15-,20+/m1/s1. The van der Waals surface area contributed by atoms with E-state index in [0.717, 1.165) is 19.3 Å². The van der Waals surface area contributed by atoms with Crippen molar-refractivity contribution in [2.75, 3.05) is 0 Å². The van der Waals surface area contributed by atoms with Crippen LogP contribution in [-0.4, -0.2) is 16.0 Å². The summed E-state index contributed by atoms with van der Waals surface area (Å²) in [7, 11) is 0. The van der Waals surface area contributed by atoms with E-state index in [2.05, 4.69) is 20.8 Å². The number of rotatable bonds is 1. The Balaban J connectivity index is 2.28. The van der Waals surface area contributed by atoms with Gasteiger partial charge in [-0.25, -0.2) is 0 Å². The molecule has 0 heterocycles. The lowest BCUT2D eigenvalue weighted by Crippen LogP contribution is -2.49. The van der Waals surface area contributed by atoms with Crippen LogP contribution in [0, 0.1) is 11.3 Å². The van der Waals surface area contributed by atoms with Crippen LogP contribution in [0.3, 0.4) is 0 Å². The second-order valence-corrected chi connectivity index (χ2v) is 8.68. The van der Waals surface area contributed by atoms with Gasteiger partial charge in [0.2, 0.25) is 0 Å². The van der Waals surface area contributed by atoms with Gasteiger partial charge in [0, 0.05) is 28.5 Å². The molecule has 0 aromatic heterocycles. The number of phenols is 2. The Morgan fingerprint density at radius 1 is 1.13 bits per heavy atom. The molecular formula is C20H28O3. The summed E-state index contributed by atoms with van der Waals surface area (Å²) in [5.41, 5.74) is 1.79. The van der Waals surface area contributed by atoms with Gasteiger partial charge in [-0.05, 0) is 36.2 Å². The highest BCUT2D eigenvalue weighted by molar-refractivity contribution is 6.01. The van der Waals surface area contributed by atoms with E-state index in [1.807, 2.05) is 19.9 Å². The topological polar surface area (TPSA) is 57.5 Å². The predicted molar refractivity (Wildman–Crippen MR) is 91.3 cm³/mol. The first-order chi connectivity index (χ1) is 10.6. The molecule has 0 unspecified atom stereocenters. The van der Waals surface area contributed by atoms with Crippen molar-refractivity contribution in [3.8, 4) is 11.5 Å². The quantitative estimate of drug-likeness (QED) is 0.725.